The topological polar surface area (TPSA) is 106 Å². The summed E-state index contributed by atoms with van der Waals surface area (Å²) >= 11 is 0. The summed E-state index contributed by atoms with van der Waals surface area (Å²) in [4.78, 5) is 36.3. The number of anilines is 1. The number of rotatable bonds is 8. The summed E-state index contributed by atoms with van der Waals surface area (Å²) in [5.41, 5.74) is 2.70. The molecule has 1 fully saturated rings. The Hall–Kier alpha value is -3.98. The highest BCUT2D eigenvalue weighted by atomic mass is 16.5. The van der Waals surface area contributed by atoms with Gasteiger partial charge in [0.25, 0.3) is 11.8 Å². The summed E-state index contributed by atoms with van der Waals surface area (Å²) in [7, 11) is 3.31. The maximum atomic E-state index is 13.0. The van der Waals surface area contributed by atoms with E-state index in [2.05, 4.69) is 25.5 Å². The van der Waals surface area contributed by atoms with E-state index in [1.165, 1.54) is 12.4 Å². The van der Waals surface area contributed by atoms with Gasteiger partial charge >= 0.3 is 0 Å². The summed E-state index contributed by atoms with van der Waals surface area (Å²) in [5, 5.41) is 5.77. The lowest BCUT2D eigenvalue weighted by atomic mass is 10.0. The first-order valence-corrected chi connectivity index (χ1v) is 11.9. The van der Waals surface area contributed by atoms with E-state index < -0.39 is 0 Å². The standard InChI is InChI=1S/C27H31N5O4/c1-18-4-6-19(7-5-18)26(33)31-25-24(28-12-13-29-25)27(34)30-21-10-14-32(15-11-21)17-20-16-22(35-2)8-9-23(20)36-3/h4-9,12-13,16,21H,10-11,14-15,17H2,1-3H3,(H,30,34)(H,29,31,33). The summed E-state index contributed by atoms with van der Waals surface area (Å²) in [5.74, 6) is 1.07. The molecule has 0 unspecified atom stereocenters. The van der Waals surface area contributed by atoms with Crippen molar-refractivity contribution in [3.05, 3.63) is 77.2 Å². The minimum Gasteiger partial charge on any atom is -0.497 e. The molecule has 0 saturated carbocycles. The molecule has 9 heteroatoms. The quantitative estimate of drug-likeness (QED) is 0.499. The van der Waals surface area contributed by atoms with Crippen LogP contribution in [0.3, 0.4) is 0 Å². The van der Waals surface area contributed by atoms with E-state index in [9.17, 15) is 9.59 Å². The number of likely N-dealkylation sites (tertiary alicyclic amines) is 1. The Morgan fingerprint density at radius 1 is 0.972 bits per heavy atom. The van der Waals surface area contributed by atoms with Gasteiger partial charge in [-0.2, -0.15) is 0 Å². The average Bonchev–Trinajstić information content (AvgIpc) is 2.90. The van der Waals surface area contributed by atoms with Crippen molar-refractivity contribution in [2.24, 2.45) is 0 Å². The number of carbonyl (C=O) groups is 2. The lowest BCUT2D eigenvalue weighted by Gasteiger charge is -2.32. The van der Waals surface area contributed by atoms with Crippen molar-refractivity contribution in [1.29, 1.82) is 0 Å². The lowest BCUT2D eigenvalue weighted by molar-refractivity contribution is 0.0904. The number of amides is 2. The van der Waals surface area contributed by atoms with Crippen LogP contribution in [0.5, 0.6) is 11.5 Å². The summed E-state index contributed by atoms with van der Waals surface area (Å²) in [6.45, 7) is 4.33. The van der Waals surface area contributed by atoms with Gasteiger partial charge in [-0.15, -0.1) is 0 Å². The van der Waals surface area contributed by atoms with Crippen LogP contribution in [-0.2, 0) is 6.54 Å². The molecule has 2 heterocycles. The van der Waals surface area contributed by atoms with E-state index >= 15 is 0 Å². The van der Waals surface area contributed by atoms with E-state index in [0.717, 1.165) is 55.1 Å². The third-order valence-corrected chi connectivity index (χ3v) is 6.26. The molecule has 36 heavy (non-hydrogen) atoms. The van der Waals surface area contributed by atoms with Gasteiger partial charge in [0, 0.05) is 49.2 Å². The molecular weight excluding hydrogens is 458 g/mol. The van der Waals surface area contributed by atoms with Gasteiger partial charge in [-0.3, -0.25) is 14.5 Å². The van der Waals surface area contributed by atoms with Gasteiger partial charge in [-0.05, 0) is 50.1 Å². The molecule has 0 atom stereocenters. The van der Waals surface area contributed by atoms with Crippen molar-refractivity contribution in [2.45, 2.75) is 32.4 Å². The second-order valence-corrected chi connectivity index (χ2v) is 8.78. The minimum absolute atomic E-state index is 0.00334. The second kappa shape index (κ2) is 11.6. The van der Waals surface area contributed by atoms with Crippen LogP contribution in [0.25, 0.3) is 0 Å². The van der Waals surface area contributed by atoms with Crippen LogP contribution in [0.2, 0.25) is 0 Å². The van der Waals surface area contributed by atoms with Crippen LogP contribution in [0.15, 0.2) is 54.9 Å². The predicted molar refractivity (Wildman–Crippen MR) is 136 cm³/mol. The molecule has 1 aromatic heterocycles. The zero-order valence-corrected chi connectivity index (χ0v) is 20.8. The average molecular weight is 490 g/mol. The number of nitrogens with one attached hydrogen (secondary N) is 2. The number of nitrogens with zero attached hydrogens (tertiary/aromatic N) is 3. The molecule has 4 rings (SSSR count). The first-order chi connectivity index (χ1) is 17.5. The fourth-order valence-electron chi connectivity index (χ4n) is 4.22. The van der Waals surface area contributed by atoms with Crippen molar-refractivity contribution < 1.29 is 19.1 Å². The molecule has 2 amide bonds. The van der Waals surface area contributed by atoms with Gasteiger partial charge in [0.15, 0.2) is 11.5 Å². The Balaban J connectivity index is 1.34. The molecule has 1 aliphatic rings. The van der Waals surface area contributed by atoms with Gasteiger partial charge in [0.2, 0.25) is 0 Å². The smallest absolute Gasteiger partial charge is 0.273 e. The highest BCUT2D eigenvalue weighted by molar-refractivity contribution is 6.07. The number of hydrogen-bond acceptors (Lipinski definition) is 7. The third-order valence-electron chi connectivity index (χ3n) is 6.26. The molecule has 9 nitrogen and oxygen atoms in total. The summed E-state index contributed by atoms with van der Waals surface area (Å²) < 4.78 is 10.9. The maximum Gasteiger partial charge on any atom is 0.273 e. The summed E-state index contributed by atoms with van der Waals surface area (Å²) in [6.07, 6.45) is 4.49. The SMILES string of the molecule is COc1ccc(OC)c(CN2CCC(NC(=O)c3nccnc3NC(=O)c3ccc(C)cc3)CC2)c1. The molecule has 2 aromatic carbocycles. The number of benzene rings is 2. The van der Waals surface area contributed by atoms with Crippen LogP contribution >= 0.6 is 0 Å². The molecule has 0 aliphatic carbocycles. The van der Waals surface area contributed by atoms with Gasteiger partial charge in [0.1, 0.15) is 11.5 Å². The molecule has 2 N–H and O–H groups in total. The van der Waals surface area contributed by atoms with E-state index in [-0.39, 0.29) is 29.4 Å². The number of methoxy groups -OCH3 is 2. The molecule has 0 spiro atoms. The highest BCUT2D eigenvalue weighted by Gasteiger charge is 2.24. The van der Waals surface area contributed by atoms with Crippen molar-refractivity contribution in [1.82, 2.24) is 20.2 Å². The van der Waals surface area contributed by atoms with Gasteiger partial charge < -0.3 is 20.1 Å². The largest absolute Gasteiger partial charge is 0.497 e. The molecule has 188 valence electrons. The molecule has 1 saturated heterocycles. The normalized spacial score (nSPS) is 14.2. The Morgan fingerprint density at radius 2 is 1.69 bits per heavy atom. The third kappa shape index (κ3) is 6.17. The molecule has 3 aromatic rings. The van der Waals surface area contributed by atoms with Crippen molar-refractivity contribution >= 4 is 17.6 Å². The first kappa shape index (κ1) is 25.1. The van der Waals surface area contributed by atoms with Gasteiger partial charge in [-0.1, -0.05) is 17.7 Å². The fraction of sp³-hybridized carbons (Fsp3) is 0.333. The Bertz CT molecular complexity index is 1210. The summed E-state index contributed by atoms with van der Waals surface area (Å²) in [6, 6.07) is 13.0. The zero-order chi connectivity index (χ0) is 25.5. The van der Waals surface area contributed by atoms with E-state index in [1.54, 1.807) is 26.4 Å². The fourth-order valence-corrected chi connectivity index (χ4v) is 4.22. The minimum atomic E-state index is -0.352. The molecular formula is C27H31N5O4. The molecule has 1 aliphatic heterocycles. The van der Waals surface area contributed by atoms with Crippen molar-refractivity contribution in [2.75, 3.05) is 32.6 Å². The van der Waals surface area contributed by atoms with Crippen LogP contribution in [0.4, 0.5) is 5.82 Å². The second-order valence-electron chi connectivity index (χ2n) is 8.78. The number of aromatic nitrogens is 2. The van der Waals surface area contributed by atoms with E-state index in [0.29, 0.717) is 5.56 Å². The highest BCUT2D eigenvalue weighted by Crippen LogP contribution is 2.26. The molecule has 0 radical (unpaired) electrons. The Kier molecular flexibility index (Phi) is 8.12. The number of ether oxygens (including phenoxy) is 2. The van der Waals surface area contributed by atoms with Crippen LogP contribution < -0.4 is 20.1 Å². The predicted octanol–water partition coefficient (Wildman–Crippen LogP) is 3.45. The zero-order valence-electron chi connectivity index (χ0n) is 20.8. The van der Waals surface area contributed by atoms with Crippen LogP contribution in [-0.4, -0.2) is 60.0 Å². The monoisotopic (exact) mass is 489 g/mol. The maximum absolute atomic E-state index is 13.0. The van der Waals surface area contributed by atoms with Gasteiger partial charge in [0.05, 0.1) is 14.2 Å². The first-order valence-electron chi connectivity index (χ1n) is 11.9. The number of carbonyl (C=O) groups excluding carboxylic acids is 2. The number of aryl methyl sites for hydroxylation is 1. The lowest BCUT2D eigenvalue weighted by Crippen LogP contribution is -2.44. The van der Waals surface area contributed by atoms with Crippen molar-refractivity contribution in [3.8, 4) is 11.5 Å². The molecule has 0 bridgehead atoms. The van der Waals surface area contributed by atoms with Crippen LogP contribution in [0, 0.1) is 6.92 Å². The van der Waals surface area contributed by atoms with Crippen molar-refractivity contribution in [3.63, 3.8) is 0 Å². The van der Waals surface area contributed by atoms with Crippen LogP contribution in [0.1, 0.15) is 44.8 Å². The van der Waals surface area contributed by atoms with E-state index in [4.69, 9.17) is 9.47 Å². The number of piperidine rings is 1. The number of hydrogen-bond donors (Lipinski definition) is 2. The van der Waals surface area contributed by atoms with E-state index in [1.807, 2.05) is 37.3 Å². The van der Waals surface area contributed by atoms with Gasteiger partial charge in [-0.25, -0.2) is 9.97 Å². The Labute approximate surface area is 210 Å². The Morgan fingerprint density at radius 3 is 2.39 bits per heavy atom.